The topological polar surface area (TPSA) is 106 Å². The smallest absolute Gasteiger partial charge is 0.242 e. The standard InChI is InChI=1S/C26H26FN5O4S/c1-36-20-8-6-19(7-9-20)31-12-17(10-24(31)34)26(35)29-25-21-14-37-15-22(21)30-32(25)13-23(33)28-11-16-2-4-18(27)5-3-16/h2-9,17H,10-15H2,1H3,(H,28,33)(H,29,35). The molecule has 0 spiro atoms. The molecule has 1 aromatic heterocycles. The van der Waals surface area contributed by atoms with Gasteiger partial charge in [-0.1, -0.05) is 12.1 Å². The highest BCUT2D eigenvalue weighted by Crippen LogP contribution is 2.35. The summed E-state index contributed by atoms with van der Waals surface area (Å²) in [5, 5.41) is 10.3. The minimum atomic E-state index is -0.532. The van der Waals surface area contributed by atoms with Crippen LogP contribution in [0.4, 0.5) is 15.9 Å². The first kappa shape index (κ1) is 24.8. The number of hydrogen-bond donors (Lipinski definition) is 2. The summed E-state index contributed by atoms with van der Waals surface area (Å²) in [5.41, 5.74) is 3.23. The van der Waals surface area contributed by atoms with E-state index in [4.69, 9.17) is 4.74 Å². The zero-order chi connectivity index (χ0) is 25.9. The lowest BCUT2D eigenvalue weighted by molar-refractivity contribution is -0.122. The van der Waals surface area contributed by atoms with Crippen LogP contribution >= 0.6 is 11.8 Å². The first-order valence-corrected chi connectivity index (χ1v) is 13.0. The van der Waals surface area contributed by atoms with Gasteiger partial charge in [0.25, 0.3) is 0 Å². The molecule has 0 bridgehead atoms. The lowest BCUT2D eigenvalue weighted by Crippen LogP contribution is -2.31. The summed E-state index contributed by atoms with van der Waals surface area (Å²) >= 11 is 1.69. The van der Waals surface area contributed by atoms with Gasteiger partial charge in [0.15, 0.2) is 0 Å². The van der Waals surface area contributed by atoms with Crippen LogP contribution in [-0.2, 0) is 39.0 Å². The number of rotatable bonds is 8. The maximum absolute atomic E-state index is 13.2. The number of benzene rings is 2. The summed E-state index contributed by atoms with van der Waals surface area (Å²) in [6.45, 7) is 0.444. The van der Waals surface area contributed by atoms with Crippen LogP contribution in [0.3, 0.4) is 0 Å². The maximum Gasteiger partial charge on any atom is 0.242 e. The second kappa shape index (κ2) is 10.6. The van der Waals surface area contributed by atoms with Crippen LogP contribution in [0.25, 0.3) is 0 Å². The van der Waals surface area contributed by atoms with Gasteiger partial charge in [-0.15, -0.1) is 0 Å². The predicted molar refractivity (Wildman–Crippen MR) is 138 cm³/mol. The molecule has 192 valence electrons. The van der Waals surface area contributed by atoms with Crippen LogP contribution in [-0.4, -0.2) is 41.2 Å². The quantitative estimate of drug-likeness (QED) is 0.470. The van der Waals surface area contributed by atoms with Crippen LogP contribution in [0.15, 0.2) is 48.5 Å². The number of nitrogens with one attached hydrogen (secondary N) is 2. The summed E-state index contributed by atoms with van der Waals surface area (Å²) in [6, 6.07) is 13.0. The van der Waals surface area contributed by atoms with E-state index >= 15 is 0 Å². The molecular formula is C26H26FN5O4S. The average Bonchev–Trinajstić information content (AvgIpc) is 3.60. The van der Waals surface area contributed by atoms with Crippen LogP contribution < -0.4 is 20.3 Å². The molecule has 37 heavy (non-hydrogen) atoms. The summed E-state index contributed by atoms with van der Waals surface area (Å²) in [4.78, 5) is 40.1. The molecule has 3 heterocycles. The van der Waals surface area contributed by atoms with Gasteiger partial charge in [0, 0.05) is 42.3 Å². The van der Waals surface area contributed by atoms with Crippen molar-refractivity contribution in [2.24, 2.45) is 5.92 Å². The third-order valence-corrected chi connectivity index (χ3v) is 7.41. The van der Waals surface area contributed by atoms with Gasteiger partial charge in [-0.2, -0.15) is 16.9 Å². The third kappa shape index (κ3) is 5.46. The Morgan fingerprint density at radius 1 is 1.14 bits per heavy atom. The Bertz CT molecular complexity index is 1330. The van der Waals surface area contributed by atoms with Gasteiger partial charge in [-0.3, -0.25) is 14.4 Å². The van der Waals surface area contributed by atoms with E-state index in [0.717, 1.165) is 16.8 Å². The van der Waals surface area contributed by atoms with E-state index in [2.05, 4.69) is 15.7 Å². The highest BCUT2D eigenvalue weighted by molar-refractivity contribution is 7.98. The molecule has 1 unspecified atom stereocenters. The van der Waals surface area contributed by atoms with E-state index in [9.17, 15) is 18.8 Å². The molecule has 0 radical (unpaired) electrons. The number of ether oxygens (including phenoxy) is 1. The normalized spacial score (nSPS) is 16.5. The molecule has 1 fully saturated rings. The summed E-state index contributed by atoms with van der Waals surface area (Å²) in [5.74, 6) is 1.01. The van der Waals surface area contributed by atoms with Crippen LogP contribution in [0, 0.1) is 11.7 Å². The van der Waals surface area contributed by atoms with Gasteiger partial charge in [0.05, 0.1) is 18.7 Å². The van der Waals surface area contributed by atoms with Crippen molar-refractivity contribution in [3.63, 3.8) is 0 Å². The Balaban J connectivity index is 1.25. The highest BCUT2D eigenvalue weighted by Gasteiger charge is 2.36. The van der Waals surface area contributed by atoms with Gasteiger partial charge in [0.2, 0.25) is 17.7 Å². The summed E-state index contributed by atoms with van der Waals surface area (Å²) < 4.78 is 19.8. The molecule has 3 amide bonds. The lowest BCUT2D eigenvalue weighted by atomic mass is 10.1. The minimum Gasteiger partial charge on any atom is -0.497 e. The molecule has 2 aliphatic rings. The number of carbonyl (C=O) groups is 3. The number of halogens is 1. The molecule has 2 aromatic carbocycles. The number of aromatic nitrogens is 2. The van der Waals surface area contributed by atoms with Crippen molar-refractivity contribution < 1.29 is 23.5 Å². The monoisotopic (exact) mass is 523 g/mol. The molecular weight excluding hydrogens is 497 g/mol. The third-order valence-electron chi connectivity index (χ3n) is 6.44. The van der Waals surface area contributed by atoms with Gasteiger partial charge < -0.3 is 20.3 Å². The predicted octanol–water partition coefficient (Wildman–Crippen LogP) is 3.09. The van der Waals surface area contributed by atoms with E-state index in [0.29, 0.717) is 28.8 Å². The molecule has 1 atom stereocenters. The zero-order valence-corrected chi connectivity index (χ0v) is 21.0. The number of amides is 3. The summed E-state index contributed by atoms with van der Waals surface area (Å²) in [7, 11) is 1.57. The molecule has 5 rings (SSSR count). The molecule has 9 nitrogen and oxygen atoms in total. The maximum atomic E-state index is 13.2. The first-order chi connectivity index (χ1) is 17.9. The Kier molecular flexibility index (Phi) is 7.13. The Morgan fingerprint density at radius 3 is 2.62 bits per heavy atom. The average molecular weight is 524 g/mol. The highest BCUT2D eigenvalue weighted by atomic mass is 32.2. The largest absolute Gasteiger partial charge is 0.497 e. The van der Waals surface area contributed by atoms with Gasteiger partial charge >= 0.3 is 0 Å². The number of fused-ring (bicyclic) bond motifs is 1. The number of nitrogens with zero attached hydrogens (tertiary/aromatic N) is 3. The van der Waals surface area contributed by atoms with Crippen molar-refractivity contribution in [1.29, 1.82) is 0 Å². The van der Waals surface area contributed by atoms with Crippen LogP contribution in [0.2, 0.25) is 0 Å². The Labute approximate surface area is 217 Å². The van der Waals surface area contributed by atoms with E-state index in [-0.39, 0.29) is 49.6 Å². The molecule has 11 heteroatoms. The fraction of sp³-hybridized carbons (Fsp3) is 0.308. The first-order valence-electron chi connectivity index (χ1n) is 11.8. The fourth-order valence-electron chi connectivity index (χ4n) is 4.43. The lowest BCUT2D eigenvalue weighted by Gasteiger charge is -2.17. The van der Waals surface area contributed by atoms with Crippen molar-refractivity contribution in [3.8, 4) is 5.75 Å². The fourth-order valence-corrected chi connectivity index (χ4v) is 5.46. The van der Waals surface area contributed by atoms with Crippen molar-refractivity contribution in [1.82, 2.24) is 15.1 Å². The van der Waals surface area contributed by atoms with Crippen LogP contribution in [0.1, 0.15) is 23.2 Å². The van der Waals surface area contributed by atoms with Gasteiger partial charge in [-0.25, -0.2) is 9.07 Å². The van der Waals surface area contributed by atoms with Crippen molar-refractivity contribution >= 4 is 41.0 Å². The molecule has 2 N–H and O–H groups in total. The molecule has 0 aliphatic carbocycles. The second-order valence-electron chi connectivity index (χ2n) is 8.92. The van der Waals surface area contributed by atoms with Crippen molar-refractivity contribution in [3.05, 3.63) is 71.2 Å². The van der Waals surface area contributed by atoms with E-state index in [1.54, 1.807) is 60.2 Å². The number of thioether (sulfide) groups is 1. The zero-order valence-electron chi connectivity index (χ0n) is 20.2. The van der Waals surface area contributed by atoms with Crippen molar-refractivity contribution in [2.75, 3.05) is 23.9 Å². The van der Waals surface area contributed by atoms with E-state index < -0.39 is 5.92 Å². The Hall–Kier alpha value is -3.86. The number of anilines is 2. The molecule has 0 saturated carbocycles. The van der Waals surface area contributed by atoms with E-state index in [1.165, 1.54) is 16.8 Å². The SMILES string of the molecule is COc1ccc(N2CC(C(=O)Nc3c4c(nn3CC(=O)NCc3ccc(F)cc3)CSC4)CC2=O)cc1. The van der Waals surface area contributed by atoms with E-state index in [1.807, 2.05) is 0 Å². The van der Waals surface area contributed by atoms with Gasteiger partial charge in [-0.05, 0) is 42.0 Å². The van der Waals surface area contributed by atoms with Gasteiger partial charge in [0.1, 0.15) is 23.9 Å². The molecule has 1 saturated heterocycles. The Morgan fingerprint density at radius 2 is 1.89 bits per heavy atom. The second-order valence-corrected chi connectivity index (χ2v) is 9.91. The molecule has 2 aliphatic heterocycles. The van der Waals surface area contributed by atoms with Crippen molar-refractivity contribution in [2.45, 2.75) is 31.0 Å². The number of methoxy groups -OCH3 is 1. The number of hydrogen-bond acceptors (Lipinski definition) is 6. The number of carbonyl (C=O) groups excluding carboxylic acids is 3. The molecule has 3 aromatic rings. The minimum absolute atomic E-state index is 0.0734. The summed E-state index contributed by atoms with van der Waals surface area (Å²) in [6.07, 6.45) is 0.0983. The van der Waals surface area contributed by atoms with Crippen LogP contribution in [0.5, 0.6) is 5.75 Å².